The SMILES string of the molecule is C#CCN(C)C(=O)N1CCSCC1C(=O)O. The van der Waals surface area contributed by atoms with Gasteiger partial charge in [0.2, 0.25) is 0 Å². The fourth-order valence-corrected chi connectivity index (χ4v) is 2.50. The summed E-state index contributed by atoms with van der Waals surface area (Å²) in [5, 5.41) is 9.00. The normalized spacial score (nSPS) is 20.0. The van der Waals surface area contributed by atoms with Crippen LogP contribution < -0.4 is 0 Å². The zero-order valence-electron chi connectivity index (χ0n) is 9.05. The summed E-state index contributed by atoms with van der Waals surface area (Å²) in [5.41, 5.74) is 0. The number of carbonyl (C=O) groups is 2. The Bertz CT molecular complexity index is 327. The van der Waals surface area contributed by atoms with Gasteiger partial charge in [-0.3, -0.25) is 0 Å². The molecule has 0 aliphatic carbocycles. The van der Waals surface area contributed by atoms with Gasteiger partial charge in [0.15, 0.2) is 0 Å². The minimum absolute atomic E-state index is 0.189. The van der Waals surface area contributed by atoms with Gasteiger partial charge in [0.1, 0.15) is 6.04 Å². The molecular formula is C10H14N2O3S. The average Bonchev–Trinajstić information content (AvgIpc) is 2.28. The van der Waals surface area contributed by atoms with Crippen molar-refractivity contribution in [3.8, 4) is 12.3 Å². The lowest BCUT2D eigenvalue weighted by atomic mass is 10.3. The van der Waals surface area contributed by atoms with Crippen molar-refractivity contribution in [2.45, 2.75) is 6.04 Å². The highest BCUT2D eigenvalue weighted by Crippen LogP contribution is 2.17. The molecule has 0 aromatic heterocycles. The molecule has 1 rings (SSSR count). The predicted octanol–water partition coefficient (Wildman–Crippen LogP) is 0.173. The third-order valence-corrected chi connectivity index (χ3v) is 3.34. The van der Waals surface area contributed by atoms with E-state index in [9.17, 15) is 9.59 Å². The average molecular weight is 242 g/mol. The molecule has 1 aliphatic rings. The highest BCUT2D eigenvalue weighted by molar-refractivity contribution is 7.99. The molecule has 5 nitrogen and oxygen atoms in total. The zero-order chi connectivity index (χ0) is 12.1. The van der Waals surface area contributed by atoms with Gasteiger partial charge < -0.3 is 14.9 Å². The Morgan fingerprint density at radius 2 is 2.38 bits per heavy atom. The fraction of sp³-hybridized carbons (Fsp3) is 0.600. The highest BCUT2D eigenvalue weighted by Gasteiger charge is 2.33. The first kappa shape index (κ1) is 12.7. The second-order valence-corrected chi connectivity index (χ2v) is 4.61. The van der Waals surface area contributed by atoms with Gasteiger partial charge in [-0.25, -0.2) is 9.59 Å². The van der Waals surface area contributed by atoms with Crippen LogP contribution in [0, 0.1) is 12.3 Å². The Balaban J connectivity index is 2.72. The molecule has 1 N–H and O–H groups in total. The number of nitrogens with zero attached hydrogens (tertiary/aromatic N) is 2. The van der Waals surface area contributed by atoms with E-state index in [1.807, 2.05) is 0 Å². The van der Waals surface area contributed by atoms with Gasteiger partial charge in [-0.1, -0.05) is 5.92 Å². The van der Waals surface area contributed by atoms with E-state index in [-0.39, 0.29) is 12.6 Å². The number of carboxylic acids is 1. The molecule has 1 atom stereocenters. The molecule has 0 spiro atoms. The van der Waals surface area contributed by atoms with Crippen molar-refractivity contribution < 1.29 is 14.7 Å². The molecule has 88 valence electrons. The zero-order valence-corrected chi connectivity index (χ0v) is 9.87. The van der Waals surface area contributed by atoms with Gasteiger partial charge >= 0.3 is 12.0 Å². The van der Waals surface area contributed by atoms with E-state index in [1.165, 1.54) is 9.80 Å². The molecule has 0 saturated carbocycles. The number of urea groups is 1. The highest BCUT2D eigenvalue weighted by atomic mass is 32.2. The van der Waals surface area contributed by atoms with Crippen LogP contribution in [0.2, 0.25) is 0 Å². The first-order valence-corrected chi connectivity index (χ1v) is 5.99. The van der Waals surface area contributed by atoms with E-state index in [4.69, 9.17) is 11.5 Å². The van der Waals surface area contributed by atoms with Crippen molar-refractivity contribution in [1.82, 2.24) is 9.80 Å². The number of terminal acetylenes is 1. The van der Waals surface area contributed by atoms with Gasteiger partial charge in [-0.15, -0.1) is 6.42 Å². The van der Waals surface area contributed by atoms with Crippen molar-refractivity contribution in [3.05, 3.63) is 0 Å². The predicted molar refractivity (Wildman–Crippen MR) is 62.3 cm³/mol. The van der Waals surface area contributed by atoms with E-state index in [0.717, 1.165) is 5.75 Å². The van der Waals surface area contributed by atoms with Crippen LogP contribution in [0.25, 0.3) is 0 Å². The minimum atomic E-state index is -0.963. The molecule has 1 unspecified atom stereocenters. The van der Waals surface area contributed by atoms with E-state index < -0.39 is 12.0 Å². The van der Waals surface area contributed by atoms with Crippen LogP contribution in [0.15, 0.2) is 0 Å². The number of carboxylic acid groups (broad SMARTS) is 1. The Kier molecular flexibility index (Phi) is 4.50. The van der Waals surface area contributed by atoms with E-state index in [1.54, 1.807) is 18.8 Å². The maximum absolute atomic E-state index is 11.9. The number of amides is 2. The molecule has 1 aliphatic heterocycles. The molecule has 0 bridgehead atoms. The van der Waals surface area contributed by atoms with Crippen molar-refractivity contribution >= 4 is 23.8 Å². The topological polar surface area (TPSA) is 60.9 Å². The largest absolute Gasteiger partial charge is 0.480 e. The molecule has 1 saturated heterocycles. The summed E-state index contributed by atoms with van der Waals surface area (Å²) in [5.74, 6) is 2.59. The summed E-state index contributed by atoms with van der Waals surface area (Å²) in [6.45, 7) is 0.643. The van der Waals surface area contributed by atoms with Crippen LogP contribution in [0.3, 0.4) is 0 Å². The van der Waals surface area contributed by atoms with Crippen LogP contribution >= 0.6 is 11.8 Å². The monoisotopic (exact) mass is 242 g/mol. The summed E-state index contributed by atoms with van der Waals surface area (Å²) in [6.07, 6.45) is 5.11. The van der Waals surface area contributed by atoms with Crippen LogP contribution in [0.1, 0.15) is 0 Å². The standard InChI is InChI=1S/C10H14N2O3S/c1-3-4-11(2)10(15)12-5-6-16-7-8(12)9(13)14/h1,8H,4-7H2,2H3,(H,13,14). The summed E-state index contributed by atoms with van der Waals surface area (Å²) in [4.78, 5) is 25.6. The molecule has 1 heterocycles. The Morgan fingerprint density at radius 1 is 1.69 bits per heavy atom. The van der Waals surface area contributed by atoms with Crippen LogP contribution in [0.5, 0.6) is 0 Å². The summed E-state index contributed by atoms with van der Waals surface area (Å²) in [6, 6.07) is -1.06. The number of hydrogen-bond donors (Lipinski definition) is 1. The summed E-state index contributed by atoms with van der Waals surface area (Å²) in [7, 11) is 1.57. The minimum Gasteiger partial charge on any atom is -0.480 e. The first-order chi connectivity index (χ1) is 7.57. The molecule has 0 aromatic rings. The van der Waals surface area contributed by atoms with Gasteiger partial charge in [-0.2, -0.15) is 11.8 Å². The second kappa shape index (κ2) is 5.66. The molecule has 0 aromatic carbocycles. The Hall–Kier alpha value is -1.35. The number of rotatable bonds is 2. The number of carbonyl (C=O) groups excluding carboxylic acids is 1. The Labute approximate surface area is 98.8 Å². The smallest absolute Gasteiger partial charge is 0.327 e. The first-order valence-electron chi connectivity index (χ1n) is 4.83. The van der Waals surface area contributed by atoms with Crippen molar-refractivity contribution in [1.29, 1.82) is 0 Å². The molecule has 1 fully saturated rings. The Morgan fingerprint density at radius 3 is 2.94 bits per heavy atom. The molecule has 2 amide bonds. The van der Waals surface area contributed by atoms with Crippen molar-refractivity contribution in [2.75, 3.05) is 31.6 Å². The van der Waals surface area contributed by atoms with E-state index >= 15 is 0 Å². The molecular weight excluding hydrogens is 228 g/mol. The lowest BCUT2D eigenvalue weighted by Crippen LogP contribution is -2.54. The van der Waals surface area contributed by atoms with Gasteiger partial charge in [0, 0.05) is 25.1 Å². The van der Waals surface area contributed by atoms with Crippen molar-refractivity contribution in [2.24, 2.45) is 0 Å². The number of aliphatic carboxylic acids is 1. The maximum atomic E-state index is 11.9. The third kappa shape index (κ3) is 2.83. The van der Waals surface area contributed by atoms with Crippen LogP contribution in [-0.4, -0.2) is 64.6 Å². The van der Waals surface area contributed by atoms with Crippen LogP contribution in [0.4, 0.5) is 4.79 Å². The lowest BCUT2D eigenvalue weighted by molar-refractivity contribution is -0.141. The molecule has 6 heteroatoms. The van der Waals surface area contributed by atoms with E-state index in [0.29, 0.717) is 12.3 Å². The van der Waals surface area contributed by atoms with Crippen molar-refractivity contribution in [3.63, 3.8) is 0 Å². The van der Waals surface area contributed by atoms with Crippen LogP contribution in [-0.2, 0) is 4.79 Å². The third-order valence-electron chi connectivity index (χ3n) is 2.31. The van der Waals surface area contributed by atoms with Gasteiger partial charge in [-0.05, 0) is 0 Å². The molecule has 0 radical (unpaired) electrons. The van der Waals surface area contributed by atoms with Gasteiger partial charge in [0.05, 0.1) is 6.54 Å². The summed E-state index contributed by atoms with van der Waals surface area (Å²) >= 11 is 1.54. The van der Waals surface area contributed by atoms with Gasteiger partial charge in [0.25, 0.3) is 0 Å². The molecule has 16 heavy (non-hydrogen) atoms. The maximum Gasteiger partial charge on any atom is 0.327 e. The quantitative estimate of drug-likeness (QED) is 0.701. The number of thioether (sulfide) groups is 1. The lowest BCUT2D eigenvalue weighted by Gasteiger charge is -2.34. The summed E-state index contributed by atoms with van der Waals surface area (Å²) < 4.78 is 0. The van der Waals surface area contributed by atoms with E-state index in [2.05, 4.69) is 5.92 Å². The second-order valence-electron chi connectivity index (χ2n) is 3.47. The fourth-order valence-electron chi connectivity index (χ4n) is 1.46. The number of hydrogen-bond acceptors (Lipinski definition) is 3.